The predicted octanol–water partition coefficient (Wildman–Crippen LogP) is 4.61. The van der Waals surface area contributed by atoms with Gasteiger partial charge in [0, 0.05) is 17.8 Å². The summed E-state index contributed by atoms with van der Waals surface area (Å²) in [5.74, 6) is 0.0932. The molecule has 0 aliphatic rings. The molecule has 0 saturated heterocycles. The summed E-state index contributed by atoms with van der Waals surface area (Å²) in [6.07, 6.45) is 0.946. The largest absolute Gasteiger partial charge is 0.385 e. The van der Waals surface area contributed by atoms with Crippen LogP contribution in [-0.4, -0.2) is 6.54 Å². The summed E-state index contributed by atoms with van der Waals surface area (Å²) in [5, 5.41) is 12.1. The Kier molecular flexibility index (Phi) is 4.94. The first kappa shape index (κ1) is 15.1. The van der Waals surface area contributed by atoms with Crippen molar-refractivity contribution >= 4 is 5.69 Å². The van der Waals surface area contributed by atoms with Gasteiger partial charge in [0.1, 0.15) is 5.82 Å². The molecule has 0 heterocycles. The Hall–Kier alpha value is -2.34. The van der Waals surface area contributed by atoms with E-state index in [0.717, 1.165) is 13.0 Å². The van der Waals surface area contributed by atoms with Crippen LogP contribution >= 0.6 is 0 Å². The maximum Gasteiger partial charge on any atom is 0.129 e. The summed E-state index contributed by atoms with van der Waals surface area (Å²) in [5.41, 5.74) is 2.90. The van der Waals surface area contributed by atoms with E-state index >= 15 is 0 Å². The van der Waals surface area contributed by atoms with Crippen molar-refractivity contribution in [3.8, 4) is 6.07 Å². The Morgan fingerprint density at radius 2 is 1.95 bits per heavy atom. The zero-order valence-corrected chi connectivity index (χ0v) is 12.4. The maximum atomic E-state index is 13.7. The van der Waals surface area contributed by atoms with Crippen molar-refractivity contribution in [3.05, 3.63) is 65.0 Å². The van der Waals surface area contributed by atoms with Gasteiger partial charge in [-0.2, -0.15) is 5.26 Å². The molecule has 0 aromatic heterocycles. The number of hydrogen-bond donors (Lipinski definition) is 1. The summed E-state index contributed by atoms with van der Waals surface area (Å²) in [7, 11) is 0. The van der Waals surface area contributed by atoms with Crippen molar-refractivity contribution in [1.29, 1.82) is 5.26 Å². The first-order valence-electron chi connectivity index (χ1n) is 7.11. The third kappa shape index (κ3) is 3.82. The normalized spacial score (nSPS) is 11.7. The molecule has 0 aliphatic carbocycles. The average Bonchev–Trinajstić information content (AvgIpc) is 2.51. The monoisotopic (exact) mass is 282 g/mol. The second kappa shape index (κ2) is 6.90. The van der Waals surface area contributed by atoms with Crippen LogP contribution in [0.4, 0.5) is 10.1 Å². The van der Waals surface area contributed by atoms with Gasteiger partial charge in [-0.3, -0.25) is 0 Å². The fourth-order valence-corrected chi connectivity index (χ4v) is 2.30. The number of nitrogens with zero attached hydrogens (tertiary/aromatic N) is 1. The number of benzene rings is 2. The van der Waals surface area contributed by atoms with E-state index in [1.54, 1.807) is 13.0 Å². The molecule has 1 atom stereocenters. The van der Waals surface area contributed by atoms with Gasteiger partial charge in [0.2, 0.25) is 0 Å². The highest BCUT2D eigenvalue weighted by atomic mass is 19.1. The van der Waals surface area contributed by atoms with E-state index in [4.69, 9.17) is 5.26 Å². The summed E-state index contributed by atoms with van der Waals surface area (Å²) in [4.78, 5) is 0. The third-order valence-electron chi connectivity index (χ3n) is 3.73. The molecule has 0 aliphatic heterocycles. The van der Waals surface area contributed by atoms with E-state index in [9.17, 15) is 4.39 Å². The number of halogens is 1. The van der Waals surface area contributed by atoms with Gasteiger partial charge in [-0.15, -0.1) is 0 Å². The molecule has 21 heavy (non-hydrogen) atoms. The van der Waals surface area contributed by atoms with E-state index in [2.05, 4.69) is 24.4 Å². The van der Waals surface area contributed by atoms with Gasteiger partial charge in [0.15, 0.2) is 0 Å². The molecule has 2 nitrogen and oxygen atoms in total. The Labute approximate surface area is 125 Å². The molecule has 2 rings (SSSR count). The Morgan fingerprint density at radius 1 is 1.24 bits per heavy atom. The van der Waals surface area contributed by atoms with Gasteiger partial charge < -0.3 is 5.32 Å². The fraction of sp³-hybridized carbons (Fsp3) is 0.278. The minimum atomic E-state index is -0.340. The van der Waals surface area contributed by atoms with Crippen LogP contribution in [0.5, 0.6) is 0 Å². The van der Waals surface area contributed by atoms with E-state index in [1.165, 1.54) is 11.6 Å². The number of nitrogens with one attached hydrogen (secondary N) is 1. The van der Waals surface area contributed by atoms with E-state index < -0.39 is 0 Å². The van der Waals surface area contributed by atoms with Crippen LogP contribution in [-0.2, 0) is 0 Å². The number of anilines is 1. The van der Waals surface area contributed by atoms with Gasteiger partial charge in [0.05, 0.1) is 11.6 Å². The van der Waals surface area contributed by atoms with E-state index in [0.29, 0.717) is 22.7 Å². The molecule has 0 fully saturated rings. The quantitative estimate of drug-likeness (QED) is 0.869. The summed E-state index contributed by atoms with van der Waals surface area (Å²) < 4.78 is 13.7. The Bertz CT molecular complexity index is 644. The van der Waals surface area contributed by atoms with Gasteiger partial charge in [-0.25, -0.2) is 4.39 Å². The molecule has 108 valence electrons. The Balaban J connectivity index is 1.98. The molecule has 1 unspecified atom stereocenters. The maximum absolute atomic E-state index is 13.7. The second-order valence-electron chi connectivity index (χ2n) is 5.27. The SMILES string of the molecule is Cc1c(F)cc(C#N)cc1NCCC(C)c1ccccc1. The molecule has 2 aromatic carbocycles. The lowest BCUT2D eigenvalue weighted by atomic mass is 9.98. The van der Waals surface area contributed by atoms with E-state index in [-0.39, 0.29) is 5.82 Å². The molecule has 1 N–H and O–H groups in total. The van der Waals surface area contributed by atoms with Crippen molar-refractivity contribution in [1.82, 2.24) is 0 Å². The zero-order chi connectivity index (χ0) is 15.2. The predicted molar refractivity (Wildman–Crippen MR) is 83.8 cm³/mol. The molecular weight excluding hydrogens is 263 g/mol. The highest BCUT2D eigenvalue weighted by Crippen LogP contribution is 2.22. The first-order valence-corrected chi connectivity index (χ1v) is 7.11. The van der Waals surface area contributed by atoms with Gasteiger partial charge in [-0.1, -0.05) is 37.3 Å². The van der Waals surface area contributed by atoms with Crippen molar-refractivity contribution in [2.45, 2.75) is 26.2 Å². The van der Waals surface area contributed by atoms with Crippen LogP contribution in [0.2, 0.25) is 0 Å². The number of nitriles is 1. The lowest BCUT2D eigenvalue weighted by molar-refractivity contribution is 0.618. The molecule has 2 aromatic rings. The molecule has 0 spiro atoms. The average molecular weight is 282 g/mol. The highest BCUT2D eigenvalue weighted by Gasteiger charge is 2.08. The zero-order valence-electron chi connectivity index (χ0n) is 12.4. The highest BCUT2D eigenvalue weighted by molar-refractivity contribution is 5.55. The fourth-order valence-electron chi connectivity index (χ4n) is 2.30. The molecule has 0 amide bonds. The third-order valence-corrected chi connectivity index (χ3v) is 3.73. The smallest absolute Gasteiger partial charge is 0.129 e. The van der Waals surface area contributed by atoms with E-state index in [1.807, 2.05) is 24.3 Å². The molecule has 0 radical (unpaired) electrons. The lowest BCUT2D eigenvalue weighted by Crippen LogP contribution is -2.08. The van der Waals surface area contributed by atoms with Crippen LogP contribution < -0.4 is 5.32 Å². The van der Waals surface area contributed by atoms with Gasteiger partial charge in [0.25, 0.3) is 0 Å². The van der Waals surface area contributed by atoms with Crippen molar-refractivity contribution in [3.63, 3.8) is 0 Å². The van der Waals surface area contributed by atoms with Crippen molar-refractivity contribution in [2.75, 3.05) is 11.9 Å². The summed E-state index contributed by atoms with van der Waals surface area (Å²) in [6.45, 7) is 4.64. The Morgan fingerprint density at radius 3 is 2.62 bits per heavy atom. The van der Waals surface area contributed by atoms with Crippen molar-refractivity contribution < 1.29 is 4.39 Å². The molecule has 0 bridgehead atoms. The molecule has 0 saturated carbocycles. The number of hydrogen-bond acceptors (Lipinski definition) is 2. The number of rotatable bonds is 5. The molecular formula is C18H19FN2. The van der Waals surface area contributed by atoms with Crippen molar-refractivity contribution in [2.24, 2.45) is 0 Å². The van der Waals surface area contributed by atoms with Crippen LogP contribution in [0.15, 0.2) is 42.5 Å². The molecule has 3 heteroatoms. The van der Waals surface area contributed by atoms with Crippen LogP contribution in [0.1, 0.15) is 36.0 Å². The van der Waals surface area contributed by atoms with Crippen LogP contribution in [0.3, 0.4) is 0 Å². The summed E-state index contributed by atoms with van der Waals surface area (Å²) >= 11 is 0. The minimum Gasteiger partial charge on any atom is -0.385 e. The van der Waals surface area contributed by atoms with Gasteiger partial charge >= 0.3 is 0 Å². The lowest BCUT2D eigenvalue weighted by Gasteiger charge is -2.15. The minimum absolute atomic E-state index is 0.340. The first-order chi connectivity index (χ1) is 10.1. The topological polar surface area (TPSA) is 35.8 Å². The van der Waals surface area contributed by atoms with Gasteiger partial charge in [-0.05, 0) is 37.0 Å². The summed E-state index contributed by atoms with van der Waals surface area (Å²) in [6, 6.07) is 15.3. The van der Waals surface area contributed by atoms with Crippen LogP contribution in [0.25, 0.3) is 0 Å². The standard InChI is InChI=1S/C18H19FN2/c1-13(16-6-4-3-5-7-16)8-9-21-18-11-15(12-20)10-17(19)14(18)2/h3-7,10-11,13,21H,8-9H2,1-2H3. The second-order valence-corrected chi connectivity index (χ2v) is 5.27. The van der Waals surface area contributed by atoms with Crippen LogP contribution in [0, 0.1) is 24.1 Å².